The number of halogens is 1. The first-order valence-corrected chi connectivity index (χ1v) is 5.95. The van der Waals surface area contributed by atoms with Crippen molar-refractivity contribution < 1.29 is 4.74 Å². The van der Waals surface area contributed by atoms with Gasteiger partial charge in [-0.15, -0.1) is 0 Å². The van der Waals surface area contributed by atoms with E-state index in [4.69, 9.17) is 15.9 Å². The molecule has 0 saturated heterocycles. The number of nitrogens with one attached hydrogen (secondary N) is 1. The molecule has 2 aromatic rings. The summed E-state index contributed by atoms with van der Waals surface area (Å²) in [4.78, 5) is 7.80. The summed E-state index contributed by atoms with van der Waals surface area (Å²) in [5.41, 5.74) is 6.92. The third-order valence-electron chi connectivity index (χ3n) is 2.26. The number of rotatable bonds is 3. The Morgan fingerprint density at radius 3 is 2.89 bits per heavy atom. The van der Waals surface area contributed by atoms with Crippen molar-refractivity contribution in [1.29, 1.82) is 5.41 Å². The molecule has 0 saturated carbocycles. The molecule has 3 N–H and O–H groups in total. The van der Waals surface area contributed by atoms with Crippen LogP contribution < -0.4 is 10.5 Å². The molecule has 0 bridgehead atoms. The van der Waals surface area contributed by atoms with E-state index in [0.29, 0.717) is 11.3 Å². The van der Waals surface area contributed by atoms with Crippen LogP contribution in [-0.2, 0) is 0 Å². The first-order chi connectivity index (χ1) is 8.58. The van der Waals surface area contributed by atoms with Crippen LogP contribution in [0.3, 0.4) is 0 Å². The Balaban J connectivity index is 2.37. The van der Waals surface area contributed by atoms with Crippen LogP contribution in [0, 0.1) is 12.3 Å². The van der Waals surface area contributed by atoms with Gasteiger partial charge in [-0.1, -0.05) is 6.07 Å². The zero-order valence-electron chi connectivity index (χ0n) is 9.64. The Hall–Kier alpha value is -1.95. The maximum atomic E-state index is 7.44. The van der Waals surface area contributed by atoms with E-state index in [1.807, 2.05) is 25.1 Å². The molecular weight excluding hydrogens is 296 g/mol. The van der Waals surface area contributed by atoms with Crippen molar-refractivity contribution in [1.82, 2.24) is 9.97 Å². The van der Waals surface area contributed by atoms with Gasteiger partial charge in [0.1, 0.15) is 17.9 Å². The number of amidine groups is 1. The highest BCUT2D eigenvalue weighted by molar-refractivity contribution is 9.10. The van der Waals surface area contributed by atoms with E-state index >= 15 is 0 Å². The van der Waals surface area contributed by atoms with Gasteiger partial charge in [-0.2, -0.15) is 0 Å². The van der Waals surface area contributed by atoms with Crippen LogP contribution in [0.4, 0.5) is 0 Å². The smallest absolute Gasteiger partial charge is 0.233 e. The van der Waals surface area contributed by atoms with Gasteiger partial charge in [0, 0.05) is 6.20 Å². The van der Waals surface area contributed by atoms with Gasteiger partial charge < -0.3 is 10.5 Å². The second kappa shape index (κ2) is 5.14. The fourth-order valence-corrected chi connectivity index (χ4v) is 1.95. The molecule has 6 heteroatoms. The summed E-state index contributed by atoms with van der Waals surface area (Å²) in [5, 5.41) is 7.44. The van der Waals surface area contributed by atoms with Crippen molar-refractivity contribution in [2.75, 3.05) is 0 Å². The molecule has 18 heavy (non-hydrogen) atoms. The minimum absolute atomic E-state index is 0.131. The monoisotopic (exact) mass is 306 g/mol. The van der Waals surface area contributed by atoms with Gasteiger partial charge in [-0.25, -0.2) is 9.97 Å². The first-order valence-electron chi connectivity index (χ1n) is 5.16. The van der Waals surface area contributed by atoms with Crippen LogP contribution in [0.15, 0.2) is 35.2 Å². The molecule has 1 aromatic heterocycles. The number of hydrogen-bond donors (Lipinski definition) is 2. The molecule has 0 radical (unpaired) electrons. The average molecular weight is 307 g/mol. The number of nitrogens with two attached hydrogens (primary N) is 1. The van der Waals surface area contributed by atoms with Crippen LogP contribution in [0.1, 0.15) is 11.1 Å². The van der Waals surface area contributed by atoms with Crippen molar-refractivity contribution in [3.8, 4) is 11.6 Å². The van der Waals surface area contributed by atoms with E-state index < -0.39 is 0 Å². The lowest BCUT2D eigenvalue weighted by molar-refractivity contribution is 0.457. The molecule has 0 aliphatic carbocycles. The van der Waals surface area contributed by atoms with Gasteiger partial charge in [0.05, 0.1) is 10.0 Å². The number of ether oxygens (including phenoxy) is 1. The Kier molecular flexibility index (Phi) is 3.57. The van der Waals surface area contributed by atoms with E-state index in [2.05, 4.69) is 25.9 Å². The summed E-state index contributed by atoms with van der Waals surface area (Å²) in [6.45, 7) is 1.99. The van der Waals surface area contributed by atoms with Crippen LogP contribution >= 0.6 is 15.9 Å². The second-order valence-electron chi connectivity index (χ2n) is 3.69. The molecule has 5 nitrogen and oxygen atoms in total. The molecule has 0 atom stereocenters. The highest BCUT2D eigenvalue weighted by Crippen LogP contribution is 2.30. The van der Waals surface area contributed by atoms with Crippen molar-refractivity contribution in [3.63, 3.8) is 0 Å². The average Bonchev–Trinajstić information content (AvgIpc) is 2.33. The largest absolute Gasteiger partial charge is 0.437 e. The lowest BCUT2D eigenvalue weighted by Crippen LogP contribution is -2.13. The number of aryl methyl sites for hydroxylation is 1. The Labute approximate surface area is 113 Å². The maximum Gasteiger partial charge on any atom is 0.233 e. The van der Waals surface area contributed by atoms with Crippen molar-refractivity contribution in [3.05, 3.63) is 46.3 Å². The minimum Gasteiger partial charge on any atom is -0.437 e. The van der Waals surface area contributed by atoms with Crippen molar-refractivity contribution in [2.45, 2.75) is 6.92 Å². The number of nitrogen functional groups attached to an aromatic ring is 1. The third kappa shape index (κ3) is 2.65. The van der Waals surface area contributed by atoms with Gasteiger partial charge in [0.2, 0.25) is 5.88 Å². The standard InChI is InChI=1S/C12H11BrN4O/c1-7-2-3-10(9(13)4-7)18-12-8(11(14)15)5-16-6-17-12/h2-6H,1H3,(H3,14,15). The second-order valence-corrected chi connectivity index (χ2v) is 4.55. The fourth-order valence-electron chi connectivity index (χ4n) is 1.38. The Morgan fingerprint density at radius 2 is 2.22 bits per heavy atom. The van der Waals surface area contributed by atoms with Crippen LogP contribution in [0.25, 0.3) is 0 Å². The lowest BCUT2D eigenvalue weighted by Gasteiger charge is -2.10. The molecule has 0 fully saturated rings. The van der Waals surface area contributed by atoms with E-state index in [1.165, 1.54) is 12.5 Å². The molecule has 92 valence electrons. The number of nitrogens with zero attached hydrogens (tertiary/aromatic N) is 2. The molecule has 1 aromatic carbocycles. The normalized spacial score (nSPS) is 10.1. The summed E-state index contributed by atoms with van der Waals surface area (Å²) in [5.74, 6) is 0.748. The minimum atomic E-state index is -0.131. The molecule has 2 rings (SSSR count). The highest BCUT2D eigenvalue weighted by atomic mass is 79.9. The molecule has 0 amide bonds. The molecule has 0 spiro atoms. The van der Waals surface area contributed by atoms with Gasteiger partial charge in [-0.05, 0) is 40.5 Å². The molecular formula is C12H11BrN4O. The Bertz CT molecular complexity index is 600. The Morgan fingerprint density at radius 1 is 1.44 bits per heavy atom. The first kappa shape index (κ1) is 12.5. The summed E-state index contributed by atoms with van der Waals surface area (Å²) >= 11 is 3.41. The van der Waals surface area contributed by atoms with Crippen LogP contribution in [-0.4, -0.2) is 15.8 Å². The zero-order valence-corrected chi connectivity index (χ0v) is 11.2. The SMILES string of the molecule is Cc1ccc(Oc2ncncc2C(=N)N)c(Br)c1. The van der Waals surface area contributed by atoms with Gasteiger partial charge in [-0.3, -0.25) is 5.41 Å². The van der Waals surface area contributed by atoms with E-state index in [9.17, 15) is 0 Å². The summed E-state index contributed by atoms with van der Waals surface area (Å²) in [6.07, 6.45) is 2.80. The number of hydrogen-bond acceptors (Lipinski definition) is 4. The molecule has 1 heterocycles. The summed E-state index contributed by atoms with van der Waals surface area (Å²) in [6, 6.07) is 5.68. The van der Waals surface area contributed by atoms with Crippen LogP contribution in [0.5, 0.6) is 11.6 Å². The van der Waals surface area contributed by atoms with Crippen molar-refractivity contribution in [2.24, 2.45) is 5.73 Å². The van der Waals surface area contributed by atoms with Crippen LogP contribution in [0.2, 0.25) is 0 Å². The number of aromatic nitrogens is 2. The predicted molar refractivity (Wildman–Crippen MR) is 72.0 cm³/mol. The van der Waals surface area contributed by atoms with E-state index in [0.717, 1.165) is 10.0 Å². The van der Waals surface area contributed by atoms with Gasteiger partial charge in [0.15, 0.2) is 0 Å². The van der Waals surface area contributed by atoms with Gasteiger partial charge in [0.25, 0.3) is 0 Å². The molecule has 0 aliphatic heterocycles. The van der Waals surface area contributed by atoms with E-state index in [-0.39, 0.29) is 11.7 Å². The third-order valence-corrected chi connectivity index (χ3v) is 2.88. The molecule has 0 aliphatic rings. The lowest BCUT2D eigenvalue weighted by atomic mass is 10.2. The van der Waals surface area contributed by atoms with Crippen molar-refractivity contribution >= 4 is 21.8 Å². The highest BCUT2D eigenvalue weighted by Gasteiger charge is 2.11. The van der Waals surface area contributed by atoms with Gasteiger partial charge >= 0.3 is 0 Å². The summed E-state index contributed by atoms with van der Waals surface area (Å²) < 4.78 is 6.45. The topological polar surface area (TPSA) is 84.9 Å². The quantitative estimate of drug-likeness (QED) is 0.674. The zero-order chi connectivity index (χ0) is 13.1. The predicted octanol–water partition coefficient (Wildman–Crippen LogP) is 2.62. The number of benzene rings is 1. The van der Waals surface area contributed by atoms with E-state index in [1.54, 1.807) is 0 Å². The summed E-state index contributed by atoms with van der Waals surface area (Å²) in [7, 11) is 0. The molecule has 0 unspecified atom stereocenters. The fraction of sp³-hybridized carbons (Fsp3) is 0.0833. The maximum absolute atomic E-state index is 7.44.